The third-order valence-corrected chi connectivity index (χ3v) is 5.44. The van der Waals surface area contributed by atoms with E-state index in [9.17, 15) is 4.79 Å². The average Bonchev–Trinajstić information content (AvgIpc) is 3.01. The minimum absolute atomic E-state index is 0. The van der Waals surface area contributed by atoms with Gasteiger partial charge >= 0.3 is 0 Å². The highest BCUT2D eigenvalue weighted by Gasteiger charge is 2.17. The molecule has 1 aromatic rings. The first kappa shape index (κ1) is 25.1. The molecule has 2 heterocycles. The second-order valence-corrected chi connectivity index (χ2v) is 8.99. The van der Waals surface area contributed by atoms with Crippen LogP contribution in [0.5, 0.6) is 0 Å². The van der Waals surface area contributed by atoms with Crippen LogP contribution in [0.15, 0.2) is 10.4 Å². The monoisotopic (exact) mass is 521 g/mol. The van der Waals surface area contributed by atoms with Gasteiger partial charge in [-0.25, -0.2) is 9.98 Å². The van der Waals surface area contributed by atoms with Crippen molar-refractivity contribution < 1.29 is 4.79 Å². The molecule has 0 spiro atoms. The second-order valence-electron chi connectivity index (χ2n) is 8.04. The van der Waals surface area contributed by atoms with Crippen molar-refractivity contribution in [2.45, 2.75) is 71.8 Å². The number of carbonyl (C=O) groups is 1. The van der Waals surface area contributed by atoms with Gasteiger partial charge in [-0.3, -0.25) is 4.79 Å². The van der Waals surface area contributed by atoms with Crippen molar-refractivity contribution in [2.24, 2.45) is 4.99 Å². The van der Waals surface area contributed by atoms with Crippen molar-refractivity contribution in [1.29, 1.82) is 0 Å². The zero-order chi connectivity index (χ0) is 19.7. The molecule has 1 saturated heterocycles. The third kappa shape index (κ3) is 8.63. The Hall–Kier alpha value is -0.900. The second kappa shape index (κ2) is 12.6. The smallest absolute Gasteiger partial charge is 0.222 e. The lowest BCUT2D eigenvalue weighted by Gasteiger charge is -2.20. The molecule has 0 bridgehead atoms. The van der Waals surface area contributed by atoms with Crippen molar-refractivity contribution in [3.8, 4) is 0 Å². The molecule has 0 aliphatic carbocycles. The van der Waals surface area contributed by atoms with Gasteiger partial charge in [0.15, 0.2) is 5.96 Å². The Morgan fingerprint density at radius 1 is 1.29 bits per heavy atom. The summed E-state index contributed by atoms with van der Waals surface area (Å²) < 4.78 is 0. The van der Waals surface area contributed by atoms with Crippen LogP contribution in [0, 0.1) is 0 Å². The first-order chi connectivity index (χ1) is 12.9. The van der Waals surface area contributed by atoms with Crippen molar-refractivity contribution in [3.05, 3.63) is 16.1 Å². The molecule has 160 valence electrons. The predicted molar refractivity (Wildman–Crippen MR) is 129 cm³/mol. The average molecular weight is 522 g/mol. The van der Waals surface area contributed by atoms with Crippen LogP contribution >= 0.6 is 35.3 Å². The van der Waals surface area contributed by atoms with Crippen molar-refractivity contribution >= 4 is 47.2 Å². The van der Waals surface area contributed by atoms with Gasteiger partial charge in [-0.2, -0.15) is 0 Å². The minimum Gasteiger partial charge on any atom is -0.357 e. The standard InChI is InChI=1S/C20H35N5OS.HI/c1-5-21-19(23-14-17-24-16(15-27-17)20(2,3)4)22-11-9-13-25-12-8-6-7-10-18(25)26;/h15H,5-14H2,1-4H3,(H2,21,22,23);1H. The van der Waals surface area contributed by atoms with E-state index in [4.69, 9.17) is 4.98 Å². The molecule has 6 nitrogen and oxygen atoms in total. The van der Waals surface area contributed by atoms with Gasteiger partial charge in [0, 0.05) is 43.4 Å². The Bertz CT molecular complexity index is 626. The number of likely N-dealkylation sites (tertiary alicyclic amines) is 1. The number of aliphatic imine (C=N–C) groups is 1. The van der Waals surface area contributed by atoms with Gasteiger partial charge in [-0.05, 0) is 26.2 Å². The van der Waals surface area contributed by atoms with Crippen molar-refractivity contribution in [3.63, 3.8) is 0 Å². The molecule has 2 rings (SSSR count). The molecular formula is C20H36IN5OS. The summed E-state index contributed by atoms with van der Waals surface area (Å²) in [5.41, 5.74) is 1.20. The molecular weight excluding hydrogens is 485 g/mol. The Kier molecular flexibility index (Phi) is 11.3. The van der Waals surface area contributed by atoms with Crippen LogP contribution in [-0.4, -0.2) is 47.9 Å². The summed E-state index contributed by atoms with van der Waals surface area (Å²) in [5, 5.41) is 9.82. The third-order valence-electron chi connectivity index (χ3n) is 4.61. The number of halogens is 1. The van der Waals surface area contributed by atoms with Gasteiger partial charge in [0.05, 0.1) is 12.2 Å². The van der Waals surface area contributed by atoms with Gasteiger partial charge in [-0.15, -0.1) is 35.3 Å². The van der Waals surface area contributed by atoms with Crippen LogP contribution in [0.4, 0.5) is 0 Å². The van der Waals surface area contributed by atoms with E-state index in [1.54, 1.807) is 11.3 Å². The summed E-state index contributed by atoms with van der Waals surface area (Å²) in [5.74, 6) is 1.12. The molecule has 1 amide bonds. The summed E-state index contributed by atoms with van der Waals surface area (Å²) in [6.07, 6.45) is 4.99. The molecule has 1 fully saturated rings. The number of carbonyl (C=O) groups excluding carboxylic acids is 1. The molecule has 0 unspecified atom stereocenters. The Morgan fingerprint density at radius 3 is 2.75 bits per heavy atom. The number of aromatic nitrogens is 1. The number of thiazole rings is 1. The highest BCUT2D eigenvalue weighted by Crippen LogP contribution is 2.24. The topological polar surface area (TPSA) is 69.6 Å². The fourth-order valence-electron chi connectivity index (χ4n) is 2.97. The maximum Gasteiger partial charge on any atom is 0.222 e. The maximum absolute atomic E-state index is 12.0. The van der Waals surface area contributed by atoms with E-state index in [1.807, 2.05) is 4.90 Å². The molecule has 2 N–H and O–H groups in total. The largest absolute Gasteiger partial charge is 0.357 e. The summed E-state index contributed by atoms with van der Waals surface area (Å²) in [6.45, 7) is 12.5. The van der Waals surface area contributed by atoms with Gasteiger partial charge < -0.3 is 15.5 Å². The Balaban J connectivity index is 0.00000392. The highest BCUT2D eigenvalue weighted by atomic mass is 127. The number of hydrogen-bond acceptors (Lipinski definition) is 4. The molecule has 0 aromatic carbocycles. The number of amides is 1. The zero-order valence-electron chi connectivity index (χ0n) is 17.7. The number of guanidine groups is 1. The molecule has 0 atom stereocenters. The van der Waals surface area contributed by atoms with Crippen LogP contribution in [0.2, 0.25) is 0 Å². The zero-order valence-corrected chi connectivity index (χ0v) is 20.9. The molecule has 1 aliphatic rings. The normalized spacial score (nSPS) is 15.8. The Labute approximate surface area is 191 Å². The van der Waals surface area contributed by atoms with E-state index in [0.29, 0.717) is 18.9 Å². The summed E-state index contributed by atoms with van der Waals surface area (Å²) in [7, 11) is 0. The van der Waals surface area contributed by atoms with Crippen molar-refractivity contribution in [2.75, 3.05) is 26.2 Å². The molecule has 1 aromatic heterocycles. The van der Waals surface area contributed by atoms with Gasteiger partial charge in [-0.1, -0.05) is 27.2 Å². The van der Waals surface area contributed by atoms with E-state index in [1.165, 1.54) is 6.42 Å². The molecule has 0 radical (unpaired) electrons. The van der Waals surface area contributed by atoms with Crippen LogP contribution in [0.3, 0.4) is 0 Å². The van der Waals surface area contributed by atoms with E-state index in [0.717, 1.165) is 62.1 Å². The lowest BCUT2D eigenvalue weighted by atomic mass is 9.93. The maximum atomic E-state index is 12.0. The van der Waals surface area contributed by atoms with Gasteiger partial charge in [0.2, 0.25) is 5.91 Å². The highest BCUT2D eigenvalue weighted by molar-refractivity contribution is 14.0. The molecule has 8 heteroatoms. The lowest BCUT2D eigenvalue weighted by Crippen LogP contribution is -2.39. The molecule has 28 heavy (non-hydrogen) atoms. The minimum atomic E-state index is 0. The van der Waals surface area contributed by atoms with Crippen LogP contribution in [0.25, 0.3) is 0 Å². The molecule has 1 aliphatic heterocycles. The van der Waals surface area contributed by atoms with Gasteiger partial charge in [0.25, 0.3) is 0 Å². The summed E-state index contributed by atoms with van der Waals surface area (Å²) in [6, 6.07) is 0. The fourth-order valence-corrected chi connectivity index (χ4v) is 3.91. The first-order valence-electron chi connectivity index (χ1n) is 10.1. The van der Waals surface area contributed by atoms with Gasteiger partial charge in [0.1, 0.15) is 5.01 Å². The van der Waals surface area contributed by atoms with E-state index in [2.05, 4.69) is 48.7 Å². The van der Waals surface area contributed by atoms with Crippen LogP contribution in [-0.2, 0) is 16.8 Å². The number of hydrogen-bond donors (Lipinski definition) is 2. The van der Waals surface area contributed by atoms with E-state index >= 15 is 0 Å². The van der Waals surface area contributed by atoms with E-state index < -0.39 is 0 Å². The lowest BCUT2D eigenvalue weighted by molar-refractivity contribution is -0.130. The Morgan fingerprint density at radius 2 is 2.07 bits per heavy atom. The fraction of sp³-hybridized carbons (Fsp3) is 0.750. The SMILES string of the molecule is CCNC(=NCc1nc(C(C)(C)C)cs1)NCCCN1CCCCCC1=O.I. The number of nitrogens with one attached hydrogen (secondary N) is 2. The quantitative estimate of drug-likeness (QED) is 0.247. The van der Waals surface area contributed by atoms with Crippen LogP contribution in [0.1, 0.15) is 70.5 Å². The number of rotatable bonds is 7. The molecule has 0 saturated carbocycles. The number of nitrogens with zero attached hydrogens (tertiary/aromatic N) is 3. The summed E-state index contributed by atoms with van der Waals surface area (Å²) in [4.78, 5) is 23.4. The summed E-state index contributed by atoms with van der Waals surface area (Å²) >= 11 is 1.67. The first-order valence-corrected chi connectivity index (χ1v) is 11.0. The van der Waals surface area contributed by atoms with Crippen LogP contribution < -0.4 is 10.6 Å². The van der Waals surface area contributed by atoms with E-state index in [-0.39, 0.29) is 29.4 Å². The predicted octanol–water partition coefficient (Wildman–Crippen LogP) is 3.91. The van der Waals surface area contributed by atoms with Crippen molar-refractivity contribution in [1.82, 2.24) is 20.5 Å².